The summed E-state index contributed by atoms with van der Waals surface area (Å²) < 4.78 is 5.24. The number of methoxy groups -OCH3 is 1. The number of carboxylic acid groups (broad SMARTS) is 1. The van der Waals surface area contributed by atoms with Gasteiger partial charge in [-0.05, 0) is 37.0 Å². The number of nitrogens with zero attached hydrogens (tertiary/aromatic N) is 1. The Morgan fingerprint density at radius 1 is 1.36 bits per heavy atom. The summed E-state index contributed by atoms with van der Waals surface area (Å²) in [7, 11) is 1.46. The van der Waals surface area contributed by atoms with E-state index in [1.54, 1.807) is 18.2 Å². The van der Waals surface area contributed by atoms with Crippen LogP contribution in [-0.4, -0.2) is 53.3 Å². The Hall–Kier alpha value is -1.79. The van der Waals surface area contributed by atoms with Crippen LogP contribution < -0.4 is 4.74 Å². The van der Waals surface area contributed by atoms with Gasteiger partial charge in [-0.2, -0.15) is 0 Å². The van der Waals surface area contributed by atoms with Crippen LogP contribution in [-0.2, 0) is 4.79 Å². The molecule has 0 aromatic heterocycles. The van der Waals surface area contributed by atoms with Crippen molar-refractivity contribution in [2.45, 2.75) is 31.8 Å². The molecule has 2 fully saturated rings. The first-order chi connectivity index (χ1) is 11.9. The van der Waals surface area contributed by atoms with Gasteiger partial charge >= 0.3 is 5.97 Å². The minimum Gasteiger partial charge on any atom is -0.496 e. The van der Waals surface area contributed by atoms with Crippen LogP contribution in [0.1, 0.15) is 36.0 Å². The van der Waals surface area contributed by atoms with Gasteiger partial charge in [-0.3, -0.25) is 9.59 Å². The number of carbonyl (C=O) groups excluding carboxylic acids is 1. The second kappa shape index (κ2) is 6.84. The molecule has 0 unspecified atom stereocenters. The molecule has 7 heteroatoms. The summed E-state index contributed by atoms with van der Waals surface area (Å²) in [5.41, 5.74) is -0.955. The highest BCUT2D eigenvalue weighted by Crippen LogP contribution is 2.45. The number of aliphatic carboxylic acids is 1. The molecule has 1 saturated carbocycles. The van der Waals surface area contributed by atoms with Crippen molar-refractivity contribution in [1.29, 1.82) is 0 Å². The molecule has 1 aromatic carbocycles. The second-order valence-corrected chi connectivity index (χ2v) is 7.42. The number of benzene rings is 1. The molecule has 1 aliphatic carbocycles. The van der Waals surface area contributed by atoms with Crippen LogP contribution in [0.15, 0.2) is 18.2 Å². The van der Waals surface area contributed by atoms with E-state index in [1.807, 2.05) is 0 Å². The average molecular weight is 368 g/mol. The molecule has 6 nitrogen and oxygen atoms in total. The molecule has 0 spiro atoms. The topological polar surface area (TPSA) is 87.1 Å². The smallest absolute Gasteiger partial charge is 0.314 e. The Bertz CT molecular complexity index is 690. The van der Waals surface area contributed by atoms with Crippen molar-refractivity contribution in [3.8, 4) is 5.75 Å². The molecule has 3 rings (SSSR count). The summed E-state index contributed by atoms with van der Waals surface area (Å²) in [6, 6.07) is 4.74. The first-order valence-electron chi connectivity index (χ1n) is 8.41. The molecular formula is C18H22ClNO5. The SMILES string of the molecule is COc1cc(Cl)ccc1C(=O)N1CC[C@H](O)[C@](CC2CC2)(C(=O)O)C1. The van der Waals surface area contributed by atoms with Gasteiger partial charge in [0.25, 0.3) is 5.91 Å². The maximum Gasteiger partial charge on any atom is 0.314 e. The molecule has 25 heavy (non-hydrogen) atoms. The number of amides is 1. The molecule has 1 heterocycles. The molecule has 1 aliphatic heterocycles. The van der Waals surface area contributed by atoms with Crippen molar-refractivity contribution >= 4 is 23.5 Å². The van der Waals surface area contributed by atoms with Gasteiger partial charge in [0.2, 0.25) is 0 Å². The van der Waals surface area contributed by atoms with Crippen LogP contribution >= 0.6 is 11.6 Å². The van der Waals surface area contributed by atoms with Gasteiger partial charge in [-0.15, -0.1) is 0 Å². The molecule has 2 atom stereocenters. The maximum absolute atomic E-state index is 12.9. The van der Waals surface area contributed by atoms with E-state index in [1.165, 1.54) is 12.0 Å². The molecular weight excluding hydrogens is 346 g/mol. The van der Waals surface area contributed by atoms with Gasteiger partial charge in [-0.1, -0.05) is 24.4 Å². The lowest BCUT2D eigenvalue weighted by Gasteiger charge is -2.43. The Morgan fingerprint density at radius 2 is 2.08 bits per heavy atom. The standard InChI is InChI=1S/C18H22ClNO5/c1-25-14-8-12(19)4-5-13(14)16(22)20-7-6-15(21)18(10-20,17(23)24)9-11-2-3-11/h4-5,8,11,15,21H,2-3,6-7,9-10H2,1H3,(H,23,24)/t15-,18+/m0/s1. The van der Waals surface area contributed by atoms with Gasteiger partial charge in [-0.25, -0.2) is 0 Å². The molecule has 136 valence electrons. The van der Waals surface area contributed by atoms with E-state index in [0.717, 1.165) is 12.8 Å². The van der Waals surface area contributed by atoms with E-state index in [2.05, 4.69) is 0 Å². The van der Waals surface area contributed by atoms with E-state index >= 15 is 0 Å². The minimum absolute atomic E-state index is 0.00458. The third kappa shape index (κ3) is 3.46. The van der Waals surface area contributed by atoms with Gasteiger partial charge < -0.3 is 19.8 Å². The summed E-state index contributed by atoms with van der Waals surface area (Å²) in [6.45, 7) is 0.316. The summed E-state index contributed by atoms with van der Waals surface area (Å²) in [5.74, 6) is -0.660. The van der Waals surface area contributed by atoms with E-state index < -0.39 is 17.5 Å². The van der Waals surface area contributed by atoms with Crippen molar-refractivity contribution in [2.75, 3.05) is 20.2 Å². The van der Waals surface area contributed by atoms with E-state index in [0.29, 0.717) is 35.2 Å². The fourth-order valence-electron chi connectivity index (χ4n) is 3.60. The predicted molar refractivity (Wildman–Crippen MR) is 91.9 cm³/mol. The minimum atomic E-state index is -1.30. The number of ether oxygens (including phenoxy) is 1. The van der Waals surface area contributed by atoms with Crippen LogP contribution in [0, 0.1) is 11.3 Å². The highest BCUT2D eigenvalue weighted by Gasteiger charge is 2.52. The molecule has 1 saturated heterocycles. The number of piperidine rings is 1. The van der Waals surface area contributed by atoms with E-state index in [4.69, 9.17) is 16.3 Å². The van der Waals surface area contributed by atoms with E-state index in [-0.39, 0.29) is 18.9 Å². The Balaban J connectivity index is 1.87. The number of carbonyl (C=O) groups is 2. The van der Waals surface area contributed by atoms with Crippen molar-refractivity contribution < 1.29 is 24.5 Å². The second-order valence-electron chi connectivity index (χ2n) is 6.98. The summed E-state index contributed by atoms with van der Waals surface area (Å²) in [6.07, 6.45) is 1.69. The van der Waals surface area contributed by atoms with Crippen LogP contribution in [0.4, 0.5) is 0 Å². The fraction of sp³-hybridized carbons (Fsp3) is 0.556. The van der Waals surface area contributed by atoms with Gasteiger partial charge in [0.1, 0.15) is 11.2 Å². The lowest BCUT2D eigenvalue weighted by atomic mass is 9.73. The van der Waals surface area contributed by atoms with Gasteiger partial charge in [0.05, 0.1) is 18.8 Å². The quantitative estimate of drug-likeness (QED) is 0.834. The normalized spacial score (nSPS) is 26.4. The highest BCUT2D eigenvalue weighted by molar-refractivity contribution is 6.30. The monoisotopic (exact) mass is 367 g/mol. The van der Waals surface area contributed by atoms with Crippen LogP contribution in [0.2, 0.25) is 5.02 Å². The third-order valence-corrected chi connectivity index (χ3v) is 5.48. The molecule has 2 aliphatic rings. The number of rotatable bonds is 5. The number of aliphatic hydroxyl groups excluding tert-OH is 1. The number of carboxylic acids is 1. The lowest BCUT2D eigenvalue weighted by molar-refractivity contribution is -0.163. The number of likely N-dealkylation sites (tertiary alicyclic amines) is 1. The molecule has 2 N–H and O–H groups in total. The lowest BCUT2D eigenvalue weighted by Crippen LogP contribution is -2.57. The zero-order chi connectivity index (χ0) is 18.2. The fourth-order valence-corrected chi connectivity index (χ4v) is 3.76. The summed E-state index contributed by atoms with van der Waals surface area (Å²) in [4.78, 5) is 26.4. The molecule has 1 amide bonds. The number of hydrogen-bond acceptors (Lipinski definition) is 4. The first kappa shape index (κ1) is 18.0. The average Bonchev–Trinajstić information content (AvgIpc) is 3.39. The molecule has 1 aromatic rings. The summed E-state index contributed by atoms with van der Waals surface area (Å²) in [5, 5.41) is 20.7. The Kier molecular flexibility index (Phi) is 4.93. The first-order valence-corrected chi connectivity index (χ1v) is 8.79. The van der Waals surface area contributed by atoms with Crippen LogP contribution in [0.25, 0.3) is 0 Å². The molecule has 0 bridgehead atoms. The maximum atomic E-state index is 12.9. The number of aliphatic hydroxyl groups is 1. The van der Waals surface area contributed by atoms with Crippen LogP contribution in [0.3, 0.4) is 0 Å². The van der Waals surface area contributed by atoms with Crippen molar-refractivity contribution in [1.82, 2.24) is 4.90 Å². The van der Waals surface area contributed by atoms with Crippen molar-refractivity contribution in [2.24, 2.45) is 11.3 Å². The van der Waals surface area contributed by atoms with Crippen molar-refractivity contribution in [3.63, 3.8) is 0 Å². The van der Waals surface area contributed by atoms with Gasteiger partial charge in [0, 0.05) is 18.1 Å². The highest BCUT2D eigenvalue weighted by atomic mass is 35.5. The predicted octanol–water partition coefficient (Wildman–Crippen LogP) is 2.43. The third-order valence-electron chi connectivity index (χ3n) is 5.24. The van der Waals surface area contributed by atoms with E-state index in [9.17, 15) is 19.8 Å². The number of hydrogen-bond donors (Lipinski definition) is 2. The Morgan fingerprint density at radius 3 is 2.68 bits per heavy atom. The number of halogens is 1. The Labute approximate surface area is 151 Å². The molecule has 0 radical (unpaired) electrons. The summed E-state index contributed by atoms with van der Waals surface area (Å²) >= 11 is 5.94. The van der Waals surface area contributed by atoms with Crippen molar-refractivity contribution in [3.05, 3.63) is 28.8 Å². The largest absolute Gasteiger partial charge is 0.496 e. The zero-order valence-electron chi connectivity index (χ0n) is 14.1. The zero-order valence-corrected chi connectivity index (χ0v) is 14.8. The van der Waals surface area contributed by atoms with Crippen LogP contribution in [0.5, 0.6) is 5.75 Å². The van der Waals surface area contributed by atoms with Gasteiger partial charge in [0.15, 0.2) is 0 Å².